The molecular weight excluding hydrogens is 288 g/mol. The van der Waals surface area contributed by atoms with E-state index >= 15 is 0 Å². The summed E-state index contributed by atoms with van der Waals surface area (Å²) in [5.41, 5.74) is 5.13. The molecule has 19 heavy (non-hydrogen) atoms. The molecule has 0 aliphatic rings. The normalized spacial score (nSPS) is 14.4. The van der Waals surface area contributed by atoms with E-state index in [2.05, 4.69) is 0 Å². The van der Waals surface area contributed by atoms with Crippen LogP contribution in [0.2, 0.25) is 0 Å². The smallest absolute Gasteiger partial charge is 0.390 e. The number of benzene rings is 1. The minimum Gasteiger partial charge on any atom is -0.398 e. The Morgan fingerprint density at radius 2 is 1.95 bits per heavy atom. The number of anilines is 1. The van der Waals surface area contributed by atoms with Gasteiger partial charge in [0.25, 0.3) is 0 Å². The van der Waals surface area contributed by atoms with Crippen LogP contribution in [0.15, 0.2) is 23.1 Å². The monoisotopic (exact) mass is 300 g/mol. The molecule has 0 heterocycles. The number of nitrogens with one attached hydrogen (secondary N) is 1. The van der Waals surface area contributed by atoms with Gasteiger partial charge in [-0.25, -0.2) is 17.5 Å². The zero-order valence-electron chi connectivity index (χ0n) is 9.83. The second-order valence-electron chi connectivity index (χ2n) is 4.02. The summed E-state index contributed by atoms with van der Waals surface area (Å²) in [4.78, 5) is -0.582. The fourth-order valence-electron chi connectivity index (χ4n) is 1.46. The summed E-state index contributed by atoms with van der Waals surface area (Å²) in [5.74, 6) is -0.849. The molecule has 4 nitrogen and oxygen atoms in total. The van der Waals surface area contributed by atoms with Crippen LogP contribution in [0.25, 0.3) is 0 Å². The van der Waals surface area contributed by atoms with Crippen molar-refractivity contribution in [2.24, 2.45) is 0 Å². The predicted octanol–water partition coefficient (Wildman–Crippen LogP) is 2.03. The third-order valence-corrected chi connectivity index (χ3v) is 3.80. The lowest BCUT2D eigenvalue weighted by Crippen LogP contribution is -2.36. The Kier molecular flexibility index (Phi) is 4.41. The molecule has 0 bridgehead atoms. The van der Waals surface area contributed by atoms with Crippen molar-refractivity contribution in [3.63, 3.8) is 0 Å². The molecule has 0 amide bonds. The minimum absolute atomic E-state index is 0.242. The van der Waals surface area contributed by atoms with Gasteiger partial charge in [0, 0.05) is 6.04 Å². The molecule has 9 heteroatoms. The number of halogens is 4. The standard InChI is InChI=1S/C10H12F4N2O2S/c1-6(5-10(12,13)14)16-19(17,18)9-4-7(11)2-3-8(9)15/h2-4,6,16H,5,15H2,1H3. The zero-order valence-corrected chi connectivity index (χ0v) is 10.6. The lowest BCUT2D eigenvalue weighted by molar-refractivity contribution is -0.137. The SMILES string of the molecule is CC(CC(F)(F)F)NS(=O)(=O)c1cc(F)ccc1N. The molecule has 1 atom stereocenters. The van der Waals surface area contributed by atoms with Crippen molar-refractivity contribution >= 4 is 15.7 Å². The number of sulfonamides is 1. The van der Waals surface area contributed by atoms with Crippen LogP contribution in [-0.4, -0.2) is 20.6 Å². The van der Waals surface area contributed by atoms with Crippen LogP contribution in [0.1, 0.15) is 13.3 Å². The Bertz CT molecular complexity index is 557. The average Bonchev–Trinajstić information content (AvgIpc) is 2.17. The summed E-state index contributed by atoms with van der Waals surface area (Å²) in [7, 11) is -4.30. The summed E-state index contributed by atoms with van der Waals surface area (Å²) in [6, 6.07) is 1.25. The van der Waals surface area contributed by atoms with Crippen molar-refractivity contribution in [3.8, 4) is 0 Å². The van der Waals surface area contributed by atoms with Gasteiger partial charge in [-0.3, -0.25) is 0 Å². The van der Waals surface area contributed by atoms with Crippen LogP contribution >= 0.6 is 0 Å². The Balaban J connectivity index is 2.96. The number of hydrogen-bond donors (Lipinski definition) is 2. The van der Waals surface area contributed by atoms with Crippen LogP contribution in [-0.2, 0) is 10.0 Å². The fraction of sp³-hybridized carbons (Fsp3) is 0.400. The van der Waals surface area contributed by atoms with Gasteiger partial charge in [-0.2, -0.15) is 13.2 Å². The van der Waals surface area contributed by atoms with Gasteiger partial charge in [-0.05, 0) is 25.1 Å². The lowest BCUT2D eigenvalue weighted by Gasteiger charge is -2.16. The van der Waals surface area contributed by atoms with E-state index in [-0.39, 0.29) is 5.69 Å². The summed E-state index contributed by atoms with van der Waals surface area (Å²) in [6.45, 7) is 1.06. The van der Waals surface area contributed by atoms with Crippen molar-refractivity contribution in [1.29, 1.82) is 0 Å². The topological polar surface area (TPSA) is 72.2 Å². The van der Waals surface area contributed by atoms with E-state index in [0.29, 0.717) is 6.07 Å². The fourth-order valence-corrected chi connectivity index (χ4v) is 2.84. The number of rotatable bonds is 4. The molecule has 0 fully saturated rings. The lowest BCUT2D eigenvalue weighted by atomic mass is 10.2. The third kappa shape index (κ3) is 4.67. The molecule has 108 valence electrons. The van der Waals surface area contributed by atoms with Crippen LogP contribution in [0.5, 0.6) is 0 Å². The highest BCUT2D eigenvalue weighted by atomic mass is 32.2. The molecule has 0 aliphatic heterocycles. The Hall–Kier alpha value is -1.35. The van der Waals surface area contributed by atoms with Crippen molar-refractivity contribution in [1.82, 2.24) is 4.72 Å². The zero-order chi connectivity index (χ0) is 14.8. The second-order valence-corrected chi connectivity index (χ2v) is 5.71. The highest BCUT2D eigenvalue weighted by Crippen LogP contribution is 2.24. The molecule has 1 rings (SSSR count). The molecule has 3 N–H and O–H groups in total. The quantitative estimate of drug-likeness (QED) is 0.660. The second kappa shape index (κ2) is 5.33. The number of hydrogen-bond acceptors (Lipinski definition) is 3. The Morgan fingerprint density at radius 3 is 2.47 bits per heavy atom. The number of nitrogens with two attached hydrogens (primary N) is 1. The average molecular weight is 300 g/mol. The highest BCUT2D eigenvalue weighted by Gasteiger charge is 2.32. The highest BCUT2D eigenvalue weighted by molar-refractivity contribution is 7.89. The maximum absolute atomic E-state index is 13.0. The van der Waals surface area contributed by atoms with Gasteiger partial charge in [-0.1, -0.05) is 0 Å². The predicted molar refractivity (Wildman–Crippen MR) is 61.3 cm³/mol. The molecule has 0 radical (unpaired) electrons. The number of alkyl halides is 3. The van der Waals surface area contributed by atoms with E-state index in [9.17, 15) is 26.0 Å². The van der Waals surface area contributed by atoms with Crippen molar-refractivity contribution in [3.05, 3.63) is 24.0 Å². The maximum atomic E-state index is 13.0. The maximum Gasteiger partial charge on any atom is 0.390 e. The van der Waals surface area contributed by atoms with E-state index < -0.39 is 39.4 Å². The van der Waals surface area contributed by atoms with E-state index in [0.717, 1.165) is 19.1 Å². The van der Waals surface area contributed by atoms with E-state index in [1.54, 1.807) is 4.72 Å². The van der Waals surface area contributed by atoms with E-state index in [4.69, 9.17) is 5.73 Å². The number of nitrogen functional groups attached to an aromatic ring is 1. The van der Waals surface area contributed by atoms with Crippen LogP contribution < -0.4 is 10.5 Å². The van der Waals surface area contributed by atoms with Gasteiger partial charge in [0.05, 0.1) is 12.1 Å². The van der Waals surface area contributed by atoms with Crippen LogP contribution in [0, 0.1) is 5.82 Å². The first kappa shape index (κ1) is 15.7. The van der Waals surface area contributed by atoms with Crippen molar-refractivity contribution < 1.29 is 26.0 Å². The summed E-state index contributed by atoms with van der Waals surface area (Å²) in [5, 5.41) is 0. The first-order valence-electron chi connectivity index (χ1n) is 5.15. The molecule has 1 unspecified atom stereocenters. The molecule has 0 spiro atoms. The van der Waals surface area contributed by atoms with Gasteiger partial charge < -0.3 is 5.73 Å². The van der Waals surface area contributed by atoms with Gasteiger partial charge >= 0.3 is 6.18 Å². The molecule has 0 saturated heterocycles. The van der Waals surface area contributed by atoms with E-state index in [1.807, 2.05) is 0 Å². The van der Waals surface area contributed by atoms with Crippen molar-refractivity contribution in [2.45, 2.75) is 30.5 Å². The molecule has 1 aromatic carbocycles. The van der Waals surface area contributed by atoms with Crippen LogP contribution in [0.3, 0.4) is 0 Å². The summed E-state index contributed by atoms with van der Waals surface area (Å²) in [6.07, 6.45) is -5.84. The molecule has 0 saturated carbocycles. The Labute approximate surface area is 107 Å². The van der Waals surface area contributed by atoms with Gasteiger partial charge in [0.2, 0.25) is 10.0 Å². The summed E-state index contributed by atoms with van der Waals surface area (Å²) < 4.78 is 74.6. The minimum atomic E-state index is -4.50. The molecule has 0 aromatic heterocycles. The molecular formula is C10H12F4N2O2S. The third-order valence-electron chi connectivity index (χ3n) is 2.16. The van der Waals surface area contributed by atoms with Gasteiger partial charge in [0.1, 0.15) is 10.7 Å². The molecule has 0 aliphatic carbocycles. The van der Waals surface area contributed by atoms with Gasteiger partial charge in [0.15, 0.2) is 0 Å². The van der Waals surface area contributed by atoms with Crippen LogP contribution in [0.4, 0.5) is 23.2 Å². The van der Waals surface area contributed by atoms with Crippen molar-refractivity contribution in [2.75, 3.05) is 5.73 Å². The largest absolute Gasteiger partial charge is 0.398 e. The van der Waals surface area contributed by atoms with Gasteiger partial charge in [-0.15, -0.1) is 0 Å². The first-order valence-corrected chi connectivity index (χ1v) is 6.64. The van der Waals surface area contributed by atoms with E-state index in [1.165, 1.54) is 0 Å². The molecule has 1 aromatic rings. The first-order chi connectivity index (χ1) is 8.51. The summed E-state index contributed by atoms with van der Waals surface area (Å²) >= 11 is 0. The Morgan fingerprint density at radius 1 is 1.37 bits per heavy atom.